The lowest BCUT2D eigenvalue weighted by Crippen LogP contribution is -2.42. The van der Waals surface area contributed by atoms with E-state index in [0.29, 0.717) is 36.8 Å². The lowest BCUT2D eigenvalue weighted by atomic mass is 9.55. The number of Topliss-reactive ketones (excluding diaryl/α,β-unsaturated/α-hetero) is 1. The molecule has 0 unspecified atom stereocenters. The van der Waals surface area contributed by atoms with Gasteiger partial charge in [0.25, 0.3) is 0 Å². The van der Waals surface area contributed by atoms with Gasteiger partial charge in [0.15, 0.2) is 0 Å². The zero-order valence-corrected chi connectivity index (χ0v) is 18.8. The van der Waals surface area contributed by atoms with Gasteiger partial charge in [0.1, 0.15) is 5.78 Å². The van der Waals surface area contributed by atoms with Crippen LogP contribution < -0.4 is 0 Å². The van der Waals surface area contributed by atoms with Gasteiger partial charge in [0.2, 0.25) is 0 Å². The van der Waals surface area contributed by atoms with Gasteiger partial charge in [-0.2, -0.15) is 0 Å². The molecule has 3 aliphatic rings. The number of fused-ring (bicyclic) bond motifs is 5. The maximum absolute atomic E-state index is 12.9. The molecule has 0 N–H and O–H groups in total. The molecule has 0 aromatic heterocycles. The number of hydrogen-bond donors (Lipinski definition) is 0. The van der Waals surface area contributed by atoms with Crippen molar-refractivity contribution in [1.82, 2.24) is 0 Å². The lowest BCUT2D eigenvalue weighted by Gasteiger charge is -2.48. The summed E-state index contributed by atoms with van der Waals surface area (Å²) < 4.78 is 23.7. The molecule has 28 heavy (non-hydrogen) atoms. The Morgan fingerprint density at radius 2 is 1.89 bits per heavy atom. The summed E-state index contributed by atoms with van der Waals surface area (Å²) in [6, 6.07) is 6.49. The van der Waals surface area contributed by atoms with Gasteiger partial charge >= 0.3 is 6.80 Å². The van der Waals surface area contributed by atoms with E-state index in [0.717, 1.165) is 43.4 Å². The molecule has 2 fully saturated rings. The van der Waals surface area contributed by atoms with Gasteiger partial charge in [-0.1, -0.05) is 13.0 Å². The molecule has 1 aromatic carbocycles. The summed E-state index contributed by atoms with van der Waals surface area (Å²) in [5, 5.41) is 0. The topological polar surface area (TPSA) is 52.6 Å². The highest BCUT2D eigenvalue weighted by atomic mass is 32.7. The molecule has 4 rings (SSSR count). The minimum atomic E-state index is -3.16. The average molecular weight is 423 g/mol. The molecule has 154 valence electrons. The van der Waals surface area contributed by atoms with Crippen LogP contribution in [0.2, 0.25) is 0 Å². The van der Waals surface area contributed by atoms with Crippen LogP contribution in [0.15, 0.2) is 23.1 Å². The van der Waals surface area contributed by atoms with Crippen LogP contribution in [0.4, 0.5) is 0 Å². The summed E-state index contributed by atoms with van der Waals surface area (Å²) >= 11 is 1.22. The molecular formula is C22H31O4PS. The van der Waals surface area contributed by atoms with Gasteiger partial charge in [-0.05, 0) is 98.3 Å². The van der Waals surface area contributed by atoms with Gasteiger partial charge in [-0.3, -0.25) is 4.79 Å². The number of carbonyl (C=O) groups excluding carboxylic acids is 1. The van der Waals surface area contributed by atoms with Crippen LogP contribution in [0.3, 0.4) is 0 Å². The van der Waals surface area contributed by atoms with Crippen molar-refractivity contribution >= 4 is 24.0 Å². The SMILES string of the molecule is CCOP(=O)(OCC)Sc1ccc2c(c1)CC[C@@H]1[C@@H]2CC[C@]2(C)C(=O)CC[C@@H]12. The van der Waals surface area contributed by atoms with Gasteiger partial charge in [-0.25, -0.2) is 4.57 Å². The first-order valence-electron chi connectivity index (χ1n) is 10.6. The molecule has 0 spiro atoms. The molecule has 0 heterocycles. The van der Waals surface area contributed by atoms with E-state index >= 15 is 0 Å². The molecule has 0 bridgehead atoms. The van der Waals surface area contributed by atoms with Crippen LogP contribution in [-0.4, -0.2) is 19.0 Å². The van der Waals surface area contributed by atoms with Crippen molar-refractivity contribution in [3.63, 3.8) is 0 Å². The molecule has 1 aromatic rings. The van der Waals surface area contributed by atoms with Crippen molar-refractivity contribution in [2.24, 2.45) is 17.3 Å². The quantitative estimate of drug-likeness (QED) is 0.498. The highest BCUT2D eigenvalue weighted by molar-refractivity contribution is 8.55. The Hall–Kier alpha value is -0.610. The number of rotatable bonds is 6. The Morgan fingerprint density at radius 3 is 2.61 bits per heavy atom. The zero-order valence-electron chi connectivity index (χ0n) is 17.1. The third-order valence-corrected chi connectivity index (χ3v) is 11.0. The third kappa shape index (κ3) is 3.53. The van der Waals surface area contributed by atoms with Crippen LogP contribution >= 0.6 is 18.2 Å². The Morgan fingerprint density at radius 1 is 1.14 bits per heavy atom. The molecule has 0 saturated heterocycles. The number of benzene rings is 1. The first-order valence-corrected chi connectivity index (χ1v) is 13.6. The minimum absolute atomic E-state index is 0.0733. The summed E-state index contributed by atoms with van der Waals surface area (Å²) in [4.78, 5) is 13.4. The summed E-state index contributed by atoms with van der Waals surface area (Å²) in [6.07, 6.45) is 6.19. The summed E-state index contributed by atoms with van der Waals surface area (Å²) in [7, 11) is 0. The van der Waals surface area contributed by atoms with E-state index in [2.05, 4.69) is 25.1 Å². The standard InChI is InChI=1S/C22H31O4PS/c1-4-25-27(24,26-5-2)28-16-7-9-17-15(14-16)6-8-19-18(17)12-13-22(3)20(19)10-11-21(22)23/h7,9,14,18-20H,4-6,8,10-13H2,1-3H3/t18-,19-,20+,22+/m1/s1. The van der Waals surface area contributed by atoms with Gasteiger partial charge in [0.05, 0.1) is 13.2 Å². The third-order valence-electron chi connectivity index (χ3n) is 7.20. The van der Waals surface area contributed by atoms with Crippen molar-refractivity contribution in [3.8, 4) is 0 Å². The van der Waals surface area contributed by atoms with Crippen molar-refractivity contribution in [2.45, 2.75) is 70.1 Å². The smallest absolute Gasteiger partial charge is 0.301 e. The maximum atomic E-state index is 12.9. The molecule has 0 amide bonds. The van der Waals surface area contributed by atoms with E-state index in [-0.39, 0.29) is 5.41 Å². The maximum Gasteiger partial charge on any atom is 0.393 e. The molecule has 6 heteroatoms. The molecule has 4 nitrogen and oxygen atoms in total. The number of hydrogen-bond acceptors (Lipinski definition) is 5. The molecule has 3 aliphatic carbocycles. The monoisotopic (exact) mass is 422 g/mol. The second kappa shape index (κ2) is 7.91. The second-order valence-electron chi connectivity index (χ2n) is 8.57. The Labute approximate surface area is 172 Å². The first-order chi connectivity index (χ1) is 13.4. The summed E-state index contributed by atoms with van der Waals surface area (Å²) in [5.41, 5.74) is 2.75. The van der Waals surface area contributed by atoms with Gasteiger partial charge in [0, 0.05) is 16.7 Å². The van der Waals surface area contributed by atoms with E-state index in [1.54, 1.807) is 0 Å². The van der Waals surface area contributed by atoms with Crippen LogP contribution in [0, 0.1) is 17.3 Å². The average Bonchev–Trinajstić information content (AvgIpc) is 2.96. The van der Waals surface area contributed by atoms with E-state index in [4.69, 9.17) is 9.05 Å². The largest absolute Gasteiger partial charge is 0.393 e. The van der Waals surface area contributed by atoms with Crippen LogP contribution in [0.5, 0.6) is 0 Å². The van der Waals surface area contributed by atoms with E-state index in [9.17, 15) is 9.36 Å². The molecule has 0 radical (unpaired) electrons. The van der Waals surface area contributed by atoms with Crippen LogP contribution in [0.1, 0.15) is 69.9 Å². The first kappa shape index (κ1) is 20.7. The Bertz CT molecular complexity index is 800. The van der Waals surface area contributed by atoms with Gasteiger partial charge in [-0.15, -0.1) is 0 Å². The Kier molecular flexibility index (Phi) is 5.83. The van der Waals surface area contributed by atoms with Crippen molar-refractivity contribution in [1.29, 1.82) is 0 Å². The molecular weight excluding hydrogens is 391 g/mol. The van der Waals surface area contributed by atoms with Crippen LogP contribution in [-0.2, 0) is 24.8 Å². The predicted molar refractivity (Wildman–Crippen MR) is 113 cm³/mol. The van der Waals surface area contributed by atoms with E-state index in [1.165, 1.54) is 22.5 Å². The molecule has 2 saturated carbocycles. The fraction of sp³-hybridized carbons (Fsp3) is 0.682. The summed E-state index contributed by atoms with van der Waals surface area (Å²) in [6.45, 7) is 3.48. The molecule has 0 aliphatic heterocycles. The predicted octanol–water partition coefficient (Wildman–Crippen LogP) is 6.39. The fourth-order valence-corrected chi connectivity index (χ4v) is 9.38. The lowest BCUT2D eigenvalue weighted by molar-refractivity contribution is -0.129. The zero-order chi connectivity index (χ0) is 19.9. The summed E-state index contributed by atoms with van der Waals surface area (Å²) in [5.74, 6) is 2.25. The van der Waals surface area contributed by atoms with Crippen LogP contribution in [0.25, 0.3) is 0 Å². The number of carbonyl (C=O) groups is 1. The van der Waals surface area contributed by atoms with E-state index in [1.807, 2.05) is 13.8 Å². The van der Waals surface area contributed by atoms with Crippen molar-refractivity contribution in [2.75, 3.05) is 13.2 Å². The highest BCUT2D eigenvalue weighted by Crippen LogP contribution is 2.64. The highest BCUT2D eigenvalue weighted by Gasteiger charge is 2.54. The van der Waals surface area contributed by atoms with E-state index < -0.39 is 6.80 Å². The second-order valence-corrected chi connectivity index (χ2v) is 12.5. The van der Waals surface area contributed by atoms with Crippen molar-refractivity contribution < 1.29 is 18.4 Å². The number of ketones is 1. The molecule has 4 atom stereocenters. The number of aryl methyl sites for hydroxylation is 1. The van der Waals surface area contributed by atoms with Gasteiger partial charge < -0.3 is 9.05 Å². The van der Waals surface area contributed by atoms with Crippen molar-refractivity contribution in [3.05, 3.63) is 29.3 Å². The Balaban J connectivity index is 1.56. The normalized spacial score (nSPS) is 32.0. The minimum Gasteiger partial charge on any atom is -0.301 e. The fourth-order valence-electron chi connectivity index (χ4n) is 5.92.